The van der Waals surface area contributed by atoms with Crippen molar-refractivity contribution < 1.29 is 0 Å². The van der Waals surface area contributed by atoms with E-state index >= 15 is 0 Å². The molecular formula is C14H15BrN2S. The fourth-order valence-corrected chi connectivity index (χ4v) is 2.69. The molecule has 2 nitrogen and oxygen atoms in total. The Balaban J connectivity index is 2.19. The number of halogens is 1. The van der Waals surface area contributed by atoms with E-state index in [1.165, 1.54) is 16.9 Å². The van der Waals surface area contributed by atoms with Crippen LogP contribution in [0.3, 0.4) is 0 Å². The van der Waals surface area contributed by atoms with Gasteiger partial charge in [-0.25, -0.2) is 4.98 Å². The van der Waals surface area contributed by atoms with Crippen LogP contribution in [0.5, 0.6) is 0 Å². The highest BCUT2D eigenvalue weighted by Crippen LogP contribution is 2.28. The van der Waals surface area contributed by atoms with Crippen molar-refractivity contribution in [2.45, 2.75) is 13.3 Å². The first-order valence-corrected chi connectivity index (χ1v) is 7.70. The van der Waals surface area contributed by atoms with Crippen LogP contribution < -0.4 is 5.73 Å². The predicted octanol–water partition coefficient (Wildman–Crippen LogP) is 4.50. The number of rotatable bonds is 4. The summed E-state index contributed by atoms with van der Waals surface area (Å²) in [6.07, 6.45) is 5.34. The van der Waals surface area contributed by atoms with Gasteiger partial charge in [0.25, 0.3) is 0 Å². The van der Waals surface area contributed by atoms with Crippen LogP contribution in [0, 0.1) is 6.92 Å². The molecule has 0 saturated carbocycles. The number of alkyl halides is 1. The summed E-state index contributed by atoms with van der Waals surface area (Å²) in [5.74, 6) is 0. The molecule has 2 aromatic rings. The van der Waals surface area contributed by atoms with E-state index in [2.05, 4.69) is 57.3 Å². The van der Waals surface area contributed by atoms with E-state index in [1.54, 1.807) is 0 Å². The summed E-state index contributed by atoms with van der Waals surface area (Å²) in [6, 6.07) is 8.40. The van der Waals surface area contributed by atoms with E-state index in [0.29, 0.717) is 5.13 Å². The van der Waals surface area contributed by atoms with Gasteiger partial charge in [0.1, 0.15) is 0 Å². The van der Waals surface area contributed by atoms with Crippen LogP contribution in [0.4, 0.5) is 5.13 Å². The number of benzene rings is 1. The number of nitrogens with two attached hydrogens (primary N) is 1. The van der Waals surface area contributed by atoms with Gasteiger partial charge in [-0.2, -0.15) is 0 Å². The molecule has 2 N–H and O–H groups in total. The van der Waals surface area contributed by atoms with Gasteiger partial charge in [0.2, 0.25) is 0 Å². The van der Waals surface area contributed by atoms with Gasteiger partial charge in [-0.05, 0) is 18.9 Å². The number of aromatic nitrogens is 1. The van der Waals surface area contributed by atoms with E-state index in [0.717, 1.165) is 27.9 Å². The van der Waals surface area contributed by atoms with Crippen LogP contribution in [0.2, 0.25) is 0 Å². The highest BCUT2D eigenvalue weighted by atomic mass is 79.9. The molecule has 1 heterocycles. The van der Waals surface area contributed by atoms with Gasteiger partial charge >= 0.3 is 0 Å². The molecule has 0 radical (unpaired) electrons. The van der Waals surface area contributed by atoms with Crippen LogP contribution in [0.1, 0.15) is 16.9 Å². The summed E-state index contributed by atoms with van der Waals surface area (Å²) in [5, 5.41) is 1.63. The van der Waals surface area contributed by atoms with Gasteiger partial charge in [-0.3, -0.25) is 0 Å². The van der Waals surface area contributed by atoms with E-state index < -0.39 is 0 Å². The average molecular weight is 323 g/mol. The molecule has 4 heteroatoms. The molecule has 0 bridgehead atoms. The number of hydrogen-bond acceptors (Lipinski definition) is 3. The molecule has 0 aliphatic rings. The minimum Gasteiger partial charge on any atom is -0.375 e. The highest BCUT2D eigenvalue weighted by Gasteiger charge is 2.07. The maximum absolute atomic E-state index is 5.72. The van der Waals surface area contributed by atoms with E-state index in [1.807, 2.05) is 6.92 Å². The monoisotopic (exact) mass is 322 g/mol. The third-order valence-electron chi connectivity index (χ3n) is 2.58. The second-order valence-electron chi connectivity index (χ2n) is 3.96. The zero-order valence-electron chi connectivity index (χ0n) is 10.2. The third-order valence-corrected chi connectivity index (χ3v) is 3.84. The smallest absolute Gasteiger partial charge is 0.180 e. The summed E-state index contributed by atoms with van der Waals surface area (Å²) in [4.78, 5) is 5.52. The molecule has 0 spiro atoms. The van der Waals surface area contributed by atoms with Gasteiger partial charge in [-0.15, -0.1) is 11.3 Å². The SMILES string of the molecule is Cc1sc(N)nc1-c1ccc(C=CCCBr)cc1. The molecule has 1 aromatic heterocycles. The summed E-state index contributed by atoms with van der Waals surface area (Å²) in [7, 11) is 0. The number of hydrogen-bond donors (Lipinski definition) is 1. The lowest BCUT2D eigenvalue weighted by molar-refractivity contribution is 1.27. The third kappa shape index (κ3) is 3.21. The first kappa shape index (κ1) is 13.3. The van der Waals surface area contributed by atoms with Crippen molar-refractivity contribution in [2.75, 3.05) is 11.1 Å². The number of nitrogen functional groups attached to an aromatic ring is 1. The molecule has 0 fully saturated rings. The van der Waals surface area contributed by atoms with Crippen LogP contribution >= 0.6 is 27.3 Å². The van der Waals surface area contributed by atoms with Crippen LogP contribution in [-0.2, 0) is 0 Å². The van der Waals surface area contributed by atoms with Gasteiger partial charge in [0, 0.05) is 15.8 Å². The van der Waals surface area contributed by atoms with Crippen LogP contribution in [0.15, 0.2) is 30.3 Å². The van der Waals surface area contributed by atoms with Crippen molar-refractivity contribution in [1.82, 2.24) is 4.98 Å². The molecule has 0 saturated heterocycles. The highest BCUT2D eigenvalue weighted by molar-refractivity contribution is 9.09. The number of allylic oxidation sites excluding steroid dienone is 1. The first-order valence-electron chi connectivity index (χ1n) is 5.76. The number of anilines is 1. The fourth-order valence-electron chi connectivity index (χ4n) is 1.72. The number of nitrogens with zero attached hydrogens (tertiary/aromatic N) is 1. The molecule has 1 aromatic carbocycles. The molecule has 0 aliphatic heterocycles. The lowest BCUT2D eigenvalue weighted by atomic mass is 10.1. The van der Waals surface area contributed by atoms with Crippen molar-refractivity contribution in [3.63, 3.8) is 0 Å². The molecule has 94 valence electrons. The van der Waals surface area contributed by atoms with Crippen molar-refractivity contribution in [2.24, 2.45) is 0 Å². The van der Waals surface area contributed by atoms with E-state index in [-0.39, 0.29) is 0 Å². The Morgan fingerprint density at radius 1 is 1.33 bits per heavy atom. The molecular weight excluding hydrogens is 308 g/mol. The molecule has 0 atom stereocenters. The normalized spacial score (nSPS) is 11.2. The number of thiazole rings is 1. The second kappa shape index (κ2) is 6.16. The molecule has 0 unspecified atom stereocenters. The van der Waals surface area contributed by atoms with Crippen molar-refractivity contribution in [3.05, 3.63) is 40.8 Å². The Labute approximate surface area is 120 Å². The van der Waals surface area contributed by atoms with Crippen molar-refractivity contribution in [1.29, 1.82) is 0 Å². The minimum atomic E-state index is 0.629. The lowest BCUT2D eigenvalue weighted by Crippen LogP contribution is -1.84. The Morgan fingerprint density at radius 3 is 2.61 bits per heavy atom. The van der Waals surface area contributed by atoms with Gasteiger partial charge in [0.15, 0.2) is 5.13 Å². The largest absolute Gasteiger partial charge is 0.375 e. The molecule has 0 amide bonds. The summed E-state index contributed by atoms with van der Waals surface area (Å²) < 4.78 is 0. The van der Waals surface area contributed by atoms with E-state index in [4.69, 9.17) is 5.73 Å². The Bertz CT molecular complexity index is 543. The van der Waals surface area contributed by atoms with Crippen LogP contribution in [0.25, 0.3) is 17.3 Å². The first-order chi connectivity index (χ1) is 8.70. The van der Waals surface area contributed by atoms with Gasteiger partial charge < -0.3 is 5.73 Å². The minimum absolute atomic E-state index is 0.629. The predicted molar refractivity (Wildman–Crippen MR) is 84.1 cm³/mol. The molecule has 18 heavy (non-hydrogen) atoms. The maximum atomic E-state index is 5.72. The van der Waals surface area contributed by atoms with Gasteiger partial charge in [0.05, 0.1) is 5.69 Å². The fraction of sp³-hybridized carbons (Fsp3) is 0.214. The topological polar surface area (TPSA) is 38.9 Å². The van der Waals surface area contributed by atoms with Crippen molar-refractivity contribution >= 4 is 38.5 Å². The quantitative estimate of drug-likeness (QED) is 0.842. The Morgan fingerprint density at radius 2 is 2.06 bits per heavy atom. The lowest BCUT2D eigenvalue weighted by Gasteiger charge is -1.99. The average Bonchev–Trinajstić information content (AvgIpc) is 2.70. The Kier molecular flexibility index (Phi) is 4.55. The summed E-state index contributed by atoms with van der Waals surface area (Å²) in [6.45, 7) is 2.05. The second-order valence-corrected chi connectivity index (χ2v) is 5.99. The van der Waals surface area contributed by atoms with Crippen molar-refractivity contribution in [3.8, 4) is 11.3 Å². The maximum Gasteiger partial charge on any atom is 0.180 e. The summed E-state index contributed by atoms with van der Waals surface area (Å²) >= 11 is 4.94. The molecule has 2 rings (SSSR count). The van der Waals surface area contributed by atoms with Crippen LogP contribution in [-0.4, -0.2) is 10.3 Å². The standard InChI is InChI=1S/C14H15BrN2S/c1-10-13(17-14(16)18-10)12-7-5-11(6-8-12)4-2-3-9-15/h2,4-8H,3,9H2,1H3,(H2,16,17). The zero-order chi connectivity index (χ0) is 13.0. The summed E-state index contributed by atoms with van der Waals surface area (Å²) in [5.41, 5.74) is 9.05. The number of aryl methyl sites for hydroxylation is 1. The molecule has 0 aliphatic carbocycles. The van der Waals surface area contributed by atoms with E-state index in [9.17, 15) is 0 Å². The Hall–Kier alpha value is -1.13. The zero-order valence-corrected chi connectivity index (χ0v) is 12.6. The van der Waals surface area contributed by atoms with Gasteiger partial charge in [-0.1, -0.05) is 52.3 Å².